The number of phenolic OH excluding ortho intramolecular Hbond substituents is 1. The van der Waals surface area contributed by atoms with Crippen molar-refractivity contribution in [3.8, 4) is 17.1 Å². The van der Waals surface area contributed by atoms with Crippen LogP contribution in [0.25, 0.3) is 11.4 Å². The molecule has 0 saturated heterocycles. The number of hydrogen-bond acceptors (Lipinski definition) is 4. The second-order valence-corrected chi connectivity index (χ2v) is 4.47. The summed E-state index contributed by atoms with van der Waals surface area (Å²) in [5, 5.41) is 13.0. The van der Waals surface area contributed by atoms with Gasteiger partial charge in [0.25, 0.3) is 0 Å². The van der Waals surface area contributed by atoms with E-state index in [4.69, 9.17) is 4.52 Å². The van der Waals surface area contributed by atoms with Crippen molar-refractivity contribution in [3.63, 3.8) is 0 Å². The van der Waals surface area contributed by atoms with Crippen LogP contribution in [-0.2, 0) is 6.42 Å². The third-order valence-corrected chi connectivity index (χ3v) is 2.95. The van der Waals surface area contributed by atoms with Gasteiger partial charge in [-0.3, -0.25) is 0 Å². The average Bonchev–Trinajstić information content (AvgIpc) is 2.91. The topological polar surface area (TPSA) is 59.2 Å². The van der Waals surface area contributed by atoms with E-state index in [-0.39, 0.29) is 23.6 Å². The molecule has 0 bridgehead atoms. The molecule has 0 fully saturated rings. The molecule has 4 nitrogen and oxygen atoms in total. The van der Waals surface area contributed by atoms with Crippen LogP contribution in [-0.4, -0.2) is 15.2 Å². The maximum atomic E-state index is 13.6. The Hall–Kier alpha value is -2.76. The Kier molecular flexibility index (Phi) is 3.35. The van der Waals surface area contributed by atoms with Gasteiger partial charge in [0.05, 0.1) is 6.42 Å². The lowest BCUT2D eigenvalue weighted by molar-refractivity contribution is 0.384. The summed E-state index contributed by atoms with van der Waals surface area (Å²) in [5.74, 6) is -0.585. The van der Waals surface area contributed by atoms with Crippen molar-refractivity contribution in [1.82, 2.24) is 10.1 Å². The van der Waals surface area contributed by atoms with Crippen LogP contribution in [0.5, 0.6) is 5.75 Å². The van der Waals surface area contributed by atoms with Crippen LogP contribution in [0.15, 0.2) is 47.0 Å². The standard InChI is InChI=1S/C15H10F2N2O2/c16-11-4-1-10(13(17)8-11)7-14-18-15(19-21-14)9-2-5-12(20)6-3-9/h1-6,8,20H,7H2. The van der Waals surface area contributed by atoms with Gasteiger partial charge in [0.15, 0.2) is 0 Å². The number of aromatic hydroxyl groups is 1. The first kappa shape index (κ1) is 13.2. The fourth-order valence-corrected chi connectivity index (χ4v) is 1.88. The number of phenols is 1. The third kappa shape index (κ3) is 2.89. The van der Waals surface area contributed by atoms with Gasteiger partial charge in [0.2, 0.25) is 11.7 Å². The van der Waals surface area contributed by atoms with E-state index >= 15 is 0 Å². The van der Waals surface area contributed by atoms with Gasteiger partial charge in [0, 0.05) is 11.6 Å². The summed E-state index contributed by atoms with van der Waals surface area (Å²) in [7, 11) is 0. The van der Waals surface area contributed by atoms with Gasteiger partial charge in [-0.05, 0) is 35.9 Å². The Labute approximate surface area is 118 Å². The van der Waals surface area contributed by atoms with Crippen LogP contribution >= 0.6 is 0 Å². The Balaban J connectivity index is 1.83. The highest BCUT2D eigenvalue weighted by Crippen LogP contribution is 2.20. The van der Waals surface area contributed by atoms with E-state index in [0.29, 0.717) is 11.4 Å². The molecule has 0 aliphatic rings. The molecule has 1 heterocycles. The molecule has 0 saturated carbocycles. The Morgan fingerprint density at radius 1 is 1.05 bits per heavy atom. The fourth-order valence-electron chi connectivity index (χ4n) is 1.88. The minimum atomic E-state index is -0.653. The summed E-state index contributed by atoms with van der Waals surface area (Å²) < 4.78 is 31.4. The lowest BCUT2D eigenvalue weighted by Gasteiger charge is -1.99. The number of rotatable bonds is 3. The van der Waals surface area contributed by atoms with E-state index in [1.807, 2.05) is 0 Å². The predicted molar refractivity (Wildman–Crippen MR) is 70.6 cm³/mol. The molecule has 0 spiro atoms. The first-order valence-electron chi connectivity index (χ1n) is 6.18. The first-order chi connectivity index (χ1) is 10.1. The lowest BCUT2D eigenvalue weighted by atomic mass is 10.1. The van der Waals surface area contributed by atoms with Crippen LogP contribution in [0.4, 0.5) is 8.78 Å². The molecule has 0 aliphatic heterocycles. The van der Waals surface area contributed by atoms with Crippen molar-refractivity contribution in [2.75, 3.05) is 0 Å². The molecular formula is C15H10F2N2O2. The Bertz CT molecular complexity index is 770. The van der Waals surface area contributed by atoms with E-state index in [9.17, 15) is 13.9 Å². The molecule has 21 heavy (non-hydrogen) atoms. The van der Waals surface area contributed by atoms with Gasteiger partial charge < -0.3 is 9.63 Å². The van der Waals surface area contributed by atoms with Gasteiger partial charge in [-0.2, -0.15) is 4.98 Å². The average molecular weight is 288 g/mol. The minimum absolute atomic E-state index is 0.0806. The Morgan fingerprint density at radius 3 is 2.52 bits per heavy atom. The van der Waals surface area contributed by atoms with Gasteiger partial charge >= 0.3 is 0 Å². The maximum absolute atomic E-state index is 13.6. The largest absolute Gasteiger partial charge is 0.508 e. The summed E-state index contributed by atoms with van der Waals surface area (Å²) >= 11 is 0. The van der Waals surface area contributed by atoms with Crippen molar-refractivity contribution in [1.29, 1.82) is 0 Å². The van der Waals surface area contributed by atoms with Crippen LogP contribution in [0, 0.1) is 11.6 Å². The van der Waals surface area contributed by atoms with E-state index in [0.717, 1.165) is 6.07 Å². The monoisotopic (exact) mass is 288 g/mol. The zero-order valence-corrected chi connectivity index (χ0v) is 10.8. The zero-order chi connectivity index (χ0) is 14.8. The third-order valence-electron chi connectivity index (χ3n) is 2.95. The first-order valence-corrected chi connectivity index (χ1v) is 6.18. The minimum Gasteiger partial charge on any atom is -0.508 e. The van der Waals surface area contributed by atoms with Crippen molar-refractivity contribution >= 4 is 0 Å². The van der Waals surface area contributed by atoms with Crippen molar-refractivity contribution in [2.45, 2.75) is 6.42 Å². The molecule has 2 aromatic carbocycles. The van der Waals surface area contributed by atoms with Gasteiger partial charge in [-0.15, -0.1) is 0 Å². The summed E-state index contributed by atoms with van der Waals surface area (Å²) in [4.78, 5) is 4.15. The van der Waals surface area contributed by atoms with E-state index < -0.39 is 11.6 Å². The molecule has 0 radical (unpaired) electrons. The summed E-state index contributed by atoms with van der Waals surface area (Å²) in [6.45, 7) is 0. The number of benzene rings is 2. The highest BCUT2D eigenvalue weighted by Gasteiger charge is 2.12. The molecule has 6 heteroatoms. The molecular weight excluding hydrogens is 278 g/mol. The highest BCUT2D eigenvalue weighted by molar-refractivity contribution is 5.55. The number of aromatic nitrogens is 2. The van der Waals surface area contributed by atoms with Crippen LogP contribution in [0.3, 0.4) is 0 Å². The summed E-state index contributed by atoms with van der Waals surface area (Å²) in [5.41, 5.74) is 0.944. The second-order valence-electron chi connectivity index (χ2n) is 4.47. The number of nitrogens with zero attached hydrogens (tertiary/aromatic N) is 2. The zero-order valence-electron chi connectivity index (χ0n) is 10.8. The normalized spacial score (nSPS) is 10.8. The van der Waals surface area contributed by atoms with Crippen molar-refractivity contribution < 1.29 is 18.4 Å². The van der Waals surface area contributed by atoms with E-state index in [2.05, 4.69) is 10.1 Å². The molecule has 0 aliphatic carbocycles. The van der Waals surface area contributed by atoms with E-state index in [1.165, 1.54) is 24.3 Å². The molecule has 3 rings (SSSR count). The maximum Gasteiger partial charge on any atom is 0.231 e. The Morgan fingerprint density at radius 2 is 1.81 bits per heavy atom. The van der Waals surface area contributed by atoms with Gasteiger partial charge in [-0.25, -0.2) is 8.78 Å². The smallest absolute Gasteiger partial charge is 0.231 e. The van der Waals surface area contributed by atoms with Crippen molar-refractivity contribution in [2.24, 2.45) is 0 Å². The molecule has 1 N–H and O–H groups in total. The van der Waals surface area contributed by atoms with Gasteiger partial charge in [0.1, 0.15) is 17.4 Å². The summed E-state index contributed by atoms with van der Waals surface area (Å²) in [6.07, 6.45) is 0.0806. The SMILES string of the molecule is Oc1ccc(-c2noc(Cc3ccc(F)cc3F)n2)cc1. The molecule has 106 valence electrons. The van der Waals surface area contributed by atoms with E-state index in [1.54, 1.807) is 12.1 Å². The second kappa shape index (κ2) is 5.32. The molecule has 0 unspecified atom stereocenters. The highest BCUT2D eigenvalue weighted by atomic mass is 19.1. The predicted octanol–water partition coefficient (Wildman–Crippen LogP) is 3.31. The lowest BCUT2D eigenvalue weighted by Crippen LogP contribution is -1.94. The quantitative estimate of drug-likeness (QED) is 0.803. The molecule has 3 aromatic rings. The molecule has 1 aromatic heterocycles. The fraction of sp³-hybridized carbons (Fsp3) is 0.0667. The van der Waals surface area contributed by atoms with Crippen LogP contribution in [0.2, 0.25) is 0 Å². The van der Waals surface area contributed by atoms with Crippen LogP contribution in [0.1, 0.15) is 11.5 Å². The number of hydrogen-bond donors (Lipinski definition) is 1. The number of halogens is 2. The van der Waals surface area contributed by atoms with Crippen molar-refractivity contribution in [3.05, 3.63) is 65.6 Å². The van der Waals surface area contributed by atoms with Crippen LogP contribution < -0.4 is 0 Å². The molecule has 0 atom stereocenters. The summed E-state index contributed by atoms with van der Waals surface area (Å²) in [6, 6.07) is 9.62. The molecule has 0 amide bonds. The van der Waals surface area contributed by atoms with Gasteiger partial charge in [-0.1, -0.05) is 11.2 Å².